The highest BCUT2D eigenvalue weighted by atomic mass is 19.1. The molecule has 0 saturated heterocycles. The van der Waals surface area contributed by atoms with Crippen molar-refractivity contribution in [2.24, 2.45) is 0 Å². The maximum Gasteiger partial charge on any atom is 0.227 e. The summed E-state index contributed by atoms with van der Waals surface area (Å²) < 4.78 is 28.5. The third kappa shape index (κ3) is 5.54. The van der Waals surface area contributed by atoms with Crippen LogP contribution in [0.4, 0.5) is 8.78 Å². The van der Waals surface area contributed by atoms with Crippen LogP contribution < -0.4 is 10.7 Å². The molecule has 1 heterocycles. The van der Waals surface area contributed by atoms with Crippen molar-refractivity contribution in [3.63, 3.8) is 0 Å². The van der Waals surface area contributed by atoms with Gasteiger partial charge in [-0.05, 0) is 34.0 Å². The summed E-state index contributed by atoms with van der Waals surface area (Å²) >= 11 is 0. The largest absolute Gasteiger partial charge is 0.503 e. The Balaban J connectivity index is 2.27. The molecule has 1 atom stereocenters. The Morgan fingerprint density at radius 3 is 2.57 bits per heavy atom. The maximum absolute atomic E-state index is 13.8. The standard InChI is InChI=1S/C22H27F2N3O3/c1-5-18(25-10-15-6-7-17(23)9-19(15)24)8-16-12-27(11-14(2)26(3)4)20(13-28)22(30)21(16)29/h5-7,9,12-14,25,30H,8,10-11H2,1-4H3/b18-5-. The van der Waals surface area contributed by atoms with Crippen LogP contribution in [0.2, 0.25) is 0 Å². The molecule has 30 heavy (non-hydrogen) atoms. The van der Waals surface area contributed by atoms with E-state index < -0.39 is 22.8 Å². The second kappa shape index (κ2) is 10.2. The third-order valence-corrected chi connectivity index (χ3v) is 5.07. The van der Waals surface area contributed by atoms with Crippen molar-refractivity contribution in [3.05, 3.63) is 74.8 Å². The monoisotopic (exact) mass is 419 g/mol. The summed E-state index contributed by atoms with van der Waals surface area (Å²) in [4.78, 5) is 25.9. The number of carbonyl (C=O) groups excluding carboxylic acids is 1. The topological polar surface area (TPSA) is 74.6 Å². The minimum atomic E-state index is -0.661. The van der Waals surface area contributed by atoms with E-state index in [1.54, 1.807) is 23.8 Å². The first kappa shape index (κ1) is 23.3. The molecule has 2 N–H and O–H groups in total. The fraction of sp³-hybridized carbons (Fsp3) is 0.364. The van der Waals surface area contributed by atoms with Crippen LogP contribution in [-0.2, 0) is 19.5 Å². The lowest BCUT2D eigenvalue weighted by Gasteiger charge is -2.23. The van der Waals surface area contributed by atoms with Crippen LogP contribution in [0.3, 0.4) is 0 Å². The molecule has 0 aliphatic heterocycles. The second-order valence-electron chi connectivity index (χ2n) is 7.38. The first-order valence-corrected chi connectivity index (χ1v) is 9.57. The highest BCUT2D eigenvalue weighted by molar-refractivity contribution is 5.76. The van der Waals surface area contributed by atoms with E-state index in [4.69, 9.17) is 0 Å². The molecule has 0 radical (unpaired) electrons. The van der Waals surface area contributed by atoms with Crippen LogP contribution in [0.15, 0.2) is 41.0 Å². The van der Waals surface area contributed by atoms with Crippen molar-refractivity contribution in [2.75, 3.05) is 14.1 Å². The number of nitrogens with zero attached hydrogens (tertiary/aromatic N) is 2. The zero-order valence-corrected chi connectivity index (χ0v) is 17.6. The van der Waals surface area contributed by atoms with Gasteiger partial charge in [-0.3, -0.25) is 9.59 Å². The first-order valence-electron chi connectivity index (χ1n) is 9.57. The van der Waals surface area contributed by atoms with Crippen molar-refractivity contribution in [1.29, 1.82) is 0 Å². The smallest absolute Gasteiger partial charge is 0.227 e. The van der Waals surface area contributed by atoms with Gasteiger partial charge in [-0.1, -0.05) is 12.1 Å². The molecule has 0 fully saturated rings. The van der Waals surface area contributed by atoms with Gasteiger partial charge in [-0.15, -0.1) is 0 Å². The number of allylic oxidation sites excluding steroid dienone is 2. The van der Waals surface area contributed by atoms with Crippen molar-refractivity contribution in [2.45, 2.75) is 39.4 Å². The highest BCUT2D eigenvalue weighted by Crippen LogP contribution is 2.16. The quantitative estimate of drug-likeness (QED) is 0.612. The Bertz CT molecular complexity index is 1000. The van der Waals surface area contributed by atoms with Crippen LogP contribution in [0.5, 0.6) is 5.75 Å². The molecule has 2 aromatic rings. The zero-order valence-electron chi connectivity index (χ0n) is 17.6. The number of aromatic nitrogens is 1. The maximum atomic E-state index is 13.8. The van der Waals surface area contributed by atoms with Crippen LogP contribution in [0.1, 0.15) is 35.5 Å². The van der Waals surface area contributed by atoms with Crippen LogP contribution in [-0.4, -0.2) is 41.0 Å². The lowest BCUT2D eigenvalue weighted by molar-refractivity contribution is 0.111. The van der Waals surface area contributed by atoms with E-state index in [1.165, 1.54) is 12.1 Å². The minimum Gasteiger partial charge on any atom is -0.503 e. The Kier molecular flexibility index (Phi) is 7.88. The third-order valence-electron chi connectivity index (χ3n) is 5.07. The van der Waals surface area contributed by atoms with Gasteiger partial charge >= 0.3 is 0 Å². The Morgan fingerprint density at radius 2 is 2.00 bits per heavy atom. The Morgan fingerprint density at radius 1 is 1.30 bits per heavy atom. The van der Waals surface area contributed by atoms with Gasteiger partial charge in [0.25, 0.3) is 0 Å². The van der Waals surface area contributed by atoms with E-state index in [0.717, 1.165) is 6.07 Å². The van der Waals surface area contributed by atoms with E-state index in [0.29, 0.717) is 24.1 Å². The molecule has 0 amide bonds. The van der Waals surface area contributed by atoms with E-state index in [2.05, 4.69) is 5.32 Å². The van der Waals surface area contributed by atoms with Gasteiger partial charge in [-0.25, -0.2) is 8.78 Å². The van der Waals surface area contributed by atoms with Crippen molar-refractivity contribution in [3.8, 4) is 5.75 Å². The van der Waals surface area contributed by atoms with Gasteiger partial charge < -0.3 is 19.9 Å². The summed E-state index contributed by atoms with van der Waals surface area (Å²) in [7, 11) is 3.79. The summed E-state index contributed by atoms with van der Waals surface area (Å²) in [5, 5.41) is 13.3. The van der Waals surface area contributed by atoms with Crippen molar-refractivity contribution in [1.82, 2.24) is 14.8 Å². The number of pyridine rings is 1. The first-order chi connectivity index (χ1) is 14.2. The average molecular weight is 419 g/mol. The second-order valence-corrected chi connectivity index (χ2v) is 7.38. The number of aromatic hydroxyl groups is 1. The van der Waals surface area contributed by atoms with E-state index >= 15 is 0 Å². The zero-order chi connectivity index (χ0) is 22.4. The highest BCUT2D eigenvalue weighted by Gasteiger charge is 2.17. The molecule has 8 heteroatoms. The van der Waals surface area contributed by atoms with E-state index in [-0.39, 0.29) is 30.3 Å². The number of carbonyl (C=O) groups is 1. The van der Waals surface area contributed by atoms with Gasteiger partial charge in [0.15, 0.2) is 12.0 Å². The number of nitrogens with one attached hydrogen (secondary N) is 1. The summed E-state index contributed by atoms with van der Waals surface area (Å²) in [5.74, 6) is -1.90. The lowest BCUT2D eigenvalue weighted by Crippen LogP contribution is -2.31. The molecule has 2 rings (SSSR count). The van der Waals surface area contributed by atoms with Gasteiger partial charge in [0.1, 0.15) is 17.3 Å². The predicted molar refractivity (Wildman–Crippen MR) is 112 cm³/mol. The van der Waals surface area contributed by atoms with Gasteiger partial charge in [0, 0.05) is 54.6 Å². The number of aldehydes is 1. The van der Waals surface area contributed by atoms with Gasteiger partial charge in [0.05, 0.1) is 0 Å². The molecule has 1 aromatic heterocycles. The fourth-order valence-electron chi connectivity index (χ4n) is 2.91. The Hall–Kier alpha value is -3.00. The molecular formula is C22H27F2N3O3. The summed E-state index contributed by atoms with van der Waals surface area (Å²) in [5.41, 5.74) is 0.512. The number of rotatable bonds is 9. The molecule has 162 valence electrons. The van der Waals surface area contributed by atoms with Crippen LogP contribution >= 0.6 is 0 Å². The molecule has 6 nitrogen and oxygen atoms in total. The van der Waals surface area contributed by atoms with Gasteiger partial charge in [0.2, 0.25) is 5.43 Å². The minimum absolute atomic E-state index is 0.0548. The van der Waals surface area contributed by atoms with Crippen LogP contribution in [0, 0.1) is 11.6 Å². The lowest BCUT2D eigenvalue weighted by atomic mass is 10.1. The Labute approximate surface area is 174 Å². The van der Waals surface area contributed by atoms with Crippen molar-refractivity contribution >= 4 is 6.29 Å². The van der Waals surface area contributed by atoms with E-state index in [1.807, 2.05) is 25.9 Å². The summed E-state index contributed by atoms with van der Waals surface area (Å²) in [6.07, 6.45) is 3.92. The number of hydrogen-bond donors (Lipinski definition) is 2. The molecule has 1 aromatic carbocycles. The molecule has 0 aliphatic rings. The molecular weight excluding hydrogens is 392 g/mol. The molecule has 0 spiro atoms. The normalized spacial score (nSPS) is 12.8. The summed E-state index contributed by atoms with van der Waals surface area (Å²) in [6, 6.07) is 3.40. The molecule has 0 saturated carbocycles. The average Bonchev–Trinajstić information content (AvgIpc) is 2.69. The van der Waals surface area contributed by atoms with Crippen molar-refractivity contribution < 1.29 is 18.7 Å². The number of likely N-dealkylation sites (N-methyl/N-ethyl adjacent to an activating group) is 1. The molecule has 1 unspecified atom stereocenters. The number of halogens is 2. The van der Waals surface area contributed by atoms with Crippen LogP contribution in [0.25, 0.3) is 0 Å². The number of hydrogen-bond acceptors (Lipinski definition) is 5. The van der Waals surface area contributed by atoms with Gasteiger partial charge in [-0.2, -0.15) is 0 Å². The molecule has 0 aliphatic carbocycles. The fourth-order valence-corrected chi connectivity index (χ4v) is 2.91. The SMILES string of the molecule is C/C=C(/Cc1cn(CC(C)N(C)C)c(C=O)c(O)c1=O)NCc1ccc(F)cc1F. The van der Waals surface area contributed by atoms with E-state index in [9.17, 15) is 23.5 Å². The number of benzene rings is 1. The predicted octanol–water partition coefficient (Wildman–Crippen LogP) is 2.83. The summed E-state index contributed by atoms with van der Waals surface area (Å²) in [6.45, 7) is 4.23. The molecule has 0 bridgehead atoms.